The third-order valence-electron chi connectivity index (χ3n) is 9.82. The lowest BCUT2D eigenvalue weighted by atomic mass is 9.78. The molecule has 0 bridgehead atoms. The van der Waals surface area contributed by atoms with Crippen LogP contribution >= 0.6 is 0 Å². The molecule has 1 aromatic rings. The van der Waals surface area contributed by atoms with Gasteiger partial charge in [-0.3, -0.25) is 4.79 Å². The van der Waals surface area contributed by atoms with Crippen molar-refractivity contribution in [1.82, 2.24) is 14.7 Å². The number of aliphatic hydroxyl groups is 1. The van der Waals surface area contributed by atoms with Gasteiger partial charge in [0.25, 0.3) is 0 Å². The molecule has 3 heterocycles. The summed E-state index contributed by atoms with van der Waals surface area (Å²) >= 11 is 0. The summed E-state index contributed by atoms with van der Waals surface area (Å²) in [6.45, 7) is 3.97. The van der Waals surface area contributed by atoms with Gasteiger partial charge in [0, 0.05) is 38.8 Å². The highest BCUT2D eigenvalue weighted by Crippen LogP contribution is 2.51. The van der Waals surface area contributed by atoms with E-state index in [0.29, 0.717) is 12.5 Å². The maximum atomic E-state index is 13.5. The lowest BCUT2D eigenvalue weighted by Crippen LogP contribution is -2.59. The van der Waals surface area contributed by atoms with Gasteiger partial charge in [-0.2, -0.15) is 0 Å². The molecule has 0 aromatic heterocycles. The van der Waals surface area contributed by atoms with E-state index in [9.17, 15) is 14.7 Å². The predicted octanol–water partition coefficient (Wildman–Crippen LogP) is 4.24. The van der Waals surface area contributed by atoms with Crippen LogP contribution in [0.2, 0.25) is 0 Å². The fraction of sp³-hybridized carbons (Fsp3) is 0.724. The van der Waals surface area contributed by atoms with Gasteiger partial charge in [0.05, 0.1) is 11.5 Å². The molecule has 1 aromatic carbocycles. The van der Waals surface area contributed by atoms with Crippen molar-refractivity contribution in [2.45, 2.75) is 82.3 Å². The molecule has 35 heavy (non-hydrogen) atoms. The highest BCUT2D eigenvalue weighted by molar-refractivity contribution is 5.86. The normalized spacial score (nSPS) is 35.5. The quantitative estimate of drug-likeness (QED) is 0.687. The number of hydrogen-bond donors (Lipinski definition) is 1. The van der Waals surface area contributed by atoms with E-state index in [1.807, 2.05) is 9.80 Å². The summed E-state index contributed by atoms with van der Waals surface area (Å²) in [5.74, 6) is 2.49. The second-order valence-electron chi connectivity index (χ2n) is 12.2. The molecule has 2 aliphatic carbocycles. The fourth-order valence-electron chi connectivity index (χ4n) is 7.47. The van der Waals surface area contributed by atoms with Gasteiger partial charge >= 0.3 is 6.03 Å². The summed E-state index contributed by atoms with van der Waals surface area (Å²) in [5.41, 5.74) is 1.12. The number of benzene rings is 1. The van der Waals surface area contributed by atoms with E-state index in [1.54, 1.807) is 0 Å². The van der Waals surface area contributed by atoms with E-state index < -0.39 is 0 Å². The van der Waals surface area contributed by atoms with Gasteiger partial charge in [0.15, 0.2) is 0 Å². The summed E-state index contributed by atoms with van der Waals surface area (Å²) in [4.78, 5) is 32.9. The Labute approximate surface area is 209 Å². The van der Waals surface area contributed by atoms with Crippen molar-refractivity contribution in [2.75, 3.05) is 32.7 Å². The number of carbonyl (C=O) groups excluding carboxylic acids is 2. The zero-order valence-electron chi connectivity index (χ0n) is 21.0. The summed E-state index contributed by atoms with van der Waals surface area (Å²) in [6.07, 6.45) is 9.77. The number of carbonyl (C=O) groups is 2. The Morgan fingerprint density at radius 1 is 0.971 bits per heavy atom. The second kappa shape index (κ2) is 9.42. The highest BCUT2D eigenvalue weighted by Gasteiger charge is 2.52. The predicted molar refractivity (Wildman–Crippen MR) is 135 cm³/mol. The minimum absolute atomic E-state index is 0.154. The van der Waals surface area contributed by atoms with Crippen LogP contribution in [0.3, 0.4) is 0 Å². The average Bonchev–Trinajstić information content (AvgIpc) is 3.58. The number of likely N-dealkylation sites (tertiary alicyclic amines) is 3. The molecular formula is C29H41N3O3. The number of amides is 3. The summed E-state index contributed by atoms with van der Waals surface area (Å²) in [7, 11) is 0. The van der Waals surface area contributed by atoms with E-state index in [-0.39, 0.29) is 29.5 Å². The van der Waals surface area contributed by atoms with Gasteiger partial charge < -0.3 is 19.8 Å². The molecule has 5 fully saturated rings. The van der Waals surface area contributed by atoms with Crippen molar-refractivity contribution in [2.24, 2.45) is 17.3 Å². The number of hydrogen-bond acceptors (Lipinski definition) is 3. The molecule has 6 nitrogen and oxygen atoms in total. The molecule has 1 N–H and O–H groups in total. The maximum absolute atomic E-state index is 13.5. The Kier molecular flexibility index (Phi) is 6.28. The lowest BCUT2D eigenvalue weighted by Gasteiger charge is -2.46. The van der Waals surface area contributed by atoms with Crippen LogP contribution in [0.4, 0.5) is 4.79 Å². The minimum atomic E-state index is -0.368. The van der Waals surface area contributed by atoms with E-state index >= 15 is 0 Å². The first kappa shape index (κ1) is 23.3. The van der Waals surface area contributed by atoms with E-state index in [2.05, 4.69) is 35.2 Å². The van der Waals surface area contributed by atoms with Crippen LogP contribution in [-0.4, -0.2) is 76.6 Å². The van der Waals surface area contributed by atoms with Crippen LogP contribution in [0.1, 0.15) is 75.7 Å². The smallest absolute Gasteiger partial charge is 0.320 e. The fourth-order valence-corrected chi connectivity index (χ4v) is 7.47. The van der Waals surface area contributed by atoms with E-state index in [0.717, 1.165) is 83.0 Å². The number of piperidine rings is 1. The third-order valence-corrected chi connectivity index (χ3v) is 9.82. The Morgan fingerprint density at radius 2 is 1.74 bits per heavy atom. The summed E-state index contributed by atoms with van der Waals surface area (Å²) in [6, 6.07) is 11.3. The second-order valence-corrected chi connectivity index (χ2v) is 12.2. The Bertz CT molecular complexity index is 924. The lowest BCUT2D eigenvalue weighted by molar-refractivity contribution is -0.141. The molecule has 3 saturated heterocycles. The van der Waals surface area contributed by atoms with Crippen LogP contribution in [0, 0.1) is 17.3 Å². The number of nitrogens with zero attached hydrogens (tertiary/aromatic N) is 3. The van der Waals surface area contributed by atoms with Crippen molar-refractivity contribution >= 4 is 11.9 Å². The molecule has 2 saturated carbocycles. The maximum Gasteiger partial charge on any atom is 0.320 e. The molecule has 190 valence electrons. The molecule has 0 radical (unpaired) electrons. The molecule has 3 atom stereocenters. The summed E-state index contributed by atoms with van der Waals surface area (Å²) < 4.78 is 0. The number of rotatable bonds is 5. The highest BCUT2D eigenvalue weighted by atomic mass is 16.3. The molecule has 5 aliphatic rings. The largest absolute Gasteiger partial charge is 0.393 e. The van der Waals surface area contributed by atoms with Crippen LogP contribution in [-0.2, 0) is 4.79 Å². The third kappa shape index (κ3) is 4.59. The van der Waals surface area contributed by atoms with Gasteiger partial charge in [-0.15, -0.1) is 0 Å². The monoisotopic (exact) mass is 479 g/mol. The molecule has 3 aliphatic heterocycles. The minimum Gasteiger partial charge on any atom is -0.393 e. The first-order chi connectivity index (χ1) is 17.0. The van der Waals surface area contributed by atoms with E-state index in [1.165, 1.54) is 24.8 Å². The first-order valence-corrected chi connectivity index (χ1v) is 14.1. The standard InChI is InChI=1S/C29H41N3O3/c33-25-11-9-24(10-12-25)32-16-14-29(27(32)34)13-4-15-30(20-29)28(35)31-18-21(19-31)7-8-23-17-26(23)22-5-2-1-3-6-22/h1-3,5-6,21,23-26,33H,4,7-20H2/t23?,24?,25?,26?,29-/m1/s1. The average molecular weight is 480 g/mol. The van der Waals surface area contributed by atoms with Crippen molar-refractivity contribution in [3.63, 3.8) is 0 Å². The van der Waals surface area contributed by atoms with Crippen LogP contribution in [0.25, 0.3) is 0 Å². The van der Waals surface area contributed by atoms with Gasteiger partial charge in [-0.25, -0.2) is 4.79 Å². The SMILES string of the molecule is O=C(N1CC(CCC2CC2c2ccccc2)C1)N1CCC[C@@]2(CCN(C3CCC(O)CC3)C2=O)C1. The Balaban J connectivity index is 0.966. The zero-order chi connectivity index (χ0) is 24.0. The van der Waals surface area contributed by atoms with Crippen LogP contribution in [0.15, 0.2) is 30.3 Å². The first-order valence-electron chi connectivity index (χ1n) is 14.1. The topological polar surface area (TPSA) is 64.1 Å². The molecule has 6 heteroatoms. The molecule has 6 rings (SSSR count). The van der Waals surface area contributed by atoms with Gasteiger partial charge in [-0.05, 0) is 87.5 Å². The van der Waals surface area contributed by atoms with Gasteiger partial charge in [0.1, 0.15) is 0 Å². The molecular weight excluding hydrogens is 438 g/mol. The summed E-state index contributed by atoms with van der Waals surface area (Å²) in [5, 5.41) is 9.84. The molecule has 2 unspecified atom stereocenters. The van der Waals surface area contributed by atoms with Gasteiger partial charge in [-0.1, -0.05) is 30.3 Å². The molecule has 3 amide bonds. The van der Waals surface area contributed by atoms with Crippen molar-refractivity contribution in [3.05, 3.63) is 35.9 Å². The molecule has 1 spiro atoms. The van der Waals surface area contributed by atoms with E-state index in [4.69, 9.17) is 0 Å². The van der Waals surface area contributed by atoms with Crippen molar-refractivity contribution < 1.29 is 14.7 Å². The zero-order valence-corrected chi connectivity index (χ0v) is 21.0. The van der Waals surface area contributed by atoms with Crippen LogP contribution in [0.5, 0.6) is 0 Å². The van der Waals surface area contributed by atoms with Crippen LogP contribution < -0.4 is 0 Å². The Hall–Kier alpha value is -2.08. The van der Waals surface area contributed by atoms with Gasteiger partial charge in [0.2, 0.25) is 5.91 Å². The Morgan fingerprint density at radius 3 is 2.51 bits per heavy atom. The van der Waals surface area contributed by atoms with Crippen molar-refractivity contribution in [1.29, 1.82) is 0 Å². The van der Waals surface area contributed by atoms with Crippen molar-refractivity contribution in [3.8, 4) is 0 Å². The number of aliphatic hydroxyl groups excluding tert-OH is 1. The number of urea groups is 1.